The van der Waals surface area contributed by atoms with Gasteiger partial charge in [0.05, 0.1) is 0 Å². The number of aliphatic carboxylic acids is 2. The van der Waals surface area contributed by atoms with Crippen LogP contribution in [0.25, 0.3) is 0 Å². The fourth-order valence-electron chi connectivity index (χ4n) is 2.27. The lowest BCUT2D eigenvalue weighted by Crippen LogP contribution is -2.04. The first-order chi connectivity index (χ1) is 10.1. The molecule has 0 aromatic rings. The molecule has 4 N–H and O–H groups in total. The molecule has 0 rings (SSSR count). The van der Waals surface area contributed by atoms with E-state index in [1.807, 2.05) is 0 Å². The van der Waals surface area contributed by atoms with Gasteiger partial charge in [-0.3, -0.25) is 4.79 Å². The van der Waals surface area contributed by atoms with Crippen molar-refractivity contribution in [2.24, 2.45) is 0 Å². The van der Waals surface area contributed by atoms with Crippen LogP contribution < -0.4 is 0 Å². The van der Waals surface area contributed by atoms with Gasteiger partial charge in [0, 0.05) is 12.0 Å². The van der Waals surface area contributed by atoms with Crippen molar-refractivity contribution in [1.82, 2.24) is 0 Å². The quantitative estimate of drug-likeness (QED) is 0.373. The largest absolute Gasteiger partial charge is 0.481 e. The number of carboxylic acids is 2. The summed E-state index contributed by atoms with van der Waals surface area (Å²) in [6, 6.07) is 0. The van der Waals surface area contributed by atoms with Gasteiger partial charge in [0.1, 0.15) is 0 Å². The van der Waals surface area contributed by atoms with Crippen molar-refractivity contribution in [1.29, 1.82) is 0 Å². The summed E-state index contributed by atoms with van der Waals surface area (Å²) in [7, 11) is 0. The zero-order valence-electron chi connectivity index (χ0n) is 13.8. The maximum atomic E-state index is 10.9. The topological polar surface area (TPSA) is 106 Å². The SMILES string of the molecule is CCCCCCCCCCC/C=C(\CCC(=O)O)C(=O)O.O. The first kappa shape index (κ1) is 22.9. The van der Waals surface area contributed by atoms with Gasteiger partial charge in [-0.15, -0.1) is 0 Å². The Hall–Kier alpha value is -1.36. The molecule has 0 saturated carbocycles. The predicted octanol–water partition coefficient (Wildman–Crippen LogP) is 3.96. The van der Waals surface area contributed by atoms with E-state index in [9.17, 15) is 9.59 Å². The molecule has 0 aliphatic heterocycles. The monoisotopic (exact) mass is 316 g/mol. The third-order valence-corrected chi connectivity index (χ3v) is 3.58. The van der Waals surface area contributed by atoms with E-state index in [0.717, 1.165) is 19.3 Å². The molecule has 5 heteroatoms. The van der Waals surface area contributed by atoms with Crippen LogP contribution in [-0.2, 0) is 9.59 Å². The summed E-state index contributed by atoms with van der Waals surface area (Å²) < 4.78 is 0. The van der Waals surface area contributed by atoms with Crippen molar-refractivity contribution in [3.63, 3.8) is 0 Å². The highest BCUT2D eigenvalue weighted by Crippen LogP contribution is 2.13. The van der Waals surface area contributed by atoms with Gasteiger partial charge in [0.2, 0.25) is 0 Å². The van der Waals surface area contributed by atoms with Crippen molar-refractivity contribution in [2.75, 3.05) is 0 Å². The van der Waals surface area contributed by atoms with E-state index in [0.29, 0.717) is 0 Å². The zero-order chi connectivity index (χ0) is 15.9. The third kappa shape index (κ3) is 15.0. The third-order valence-electron chi connectivity index (χ3n) is 3.58. The highest BCUT2D eigenvalue weighted by molar-refractivity contribution is 5.87. The average molecular weight is 316 g/mol. The van der Waals surface area contributed by atoms with Crippen LogP contribution in [0.3, 0.4) is 0 Å². The smallest absolute Gasteiger partial charge is 0.331 e. The number of hydrogen-bond donors (Lipinski definition) is 2. The highest BCUT2D eigenvalue weighted by Gasteiger charge is 2.08. The Balaban J connectivity index is 0. The van der Waals surface area contributed by atoms with Gasteiger partial charge in [-0.2, -0.15) is 0 Å². The number of hydrogen-bond acceptors (Lipinski definition) is 2. The Kier molecular flexibility index (Phi) is 16.7. The summed E-state index contributed by atoms with van der Waals surface area (Å²) in [5.41, 5.74) is 0.233. The van der Waals surface area contributed by atoms with Gasteiger partial charge >= 0.3 is 11.9 Å². The Bertz CT molecular complexity index is 323. The van der Waals surface area contributed by atoms with Crippen molar-refractivity contribution >= 4 is 11.9 Å². The lowest BCUT2D eigenvalue weighted by Gasteiger charge is -2.02. The molecule has 0 unspecified atom stereocenters. The number of rotatable bonds is 14. The Labute approximate surface area is 133 Å². The van der Waals surface area contributed by atoms with Crippen LogP contribution in [0.1, 0.15) is 84.0 Å². The second-order valence-electron chi connectivity index (χ2n) is 5.55. The molecule has 0 saturated heterocycles. The van der Waals surface area contributed by atoms with Gasteiger partial charge in [-0.05, 0) is 19.3 Å². The maximum absolute atomic E-state index is 10.9. The van der Waals surface area contributed by atoms with Gasteiger partial charge in [-0.1, -0.05) is 64.4 Å². The molecule has 0 aliphatic rings. The summed E-state index contributed by atoms with van der Waals surface area (Å²) in [6.45, 7) is 2.22. The minimum absolute atomic E-state index is 0. The fourth-order valence-corrected chi connectivity index (χ4v) is 2.27. The lowest BCUT2D eigenvalue weighted by atomic mass is 10.0. The minimum Gasteiger partial charge on any atom is -0.481 e. The first-order valence-electron chi connectivity index (χ1n) is 8.22. The molecule has 0 aromatic heterocycles. The second-order valence-corrected chi connectivity index (χ2v) is 5.55. The van der Waals surface area contributed by atoms with E-state index in [4.69, 9.17) is 10.2 Å². The van der Waals surface area contributed by atoms with Crippen molar-refractivity contribution < 1.29 is 25.3 Å². The van der Waals surface area contributed by atoms with E-state index in [1.165, 1.54) is 44.9 Å². The molecule has 0 atom stereocenters. The van der Waals surface area contributed by atoms with E-state index in [1.54, 1.807) is 6.08 Å². The number of unbranched alkanes of at least 4 members (excludes halogenated alkanes) is 9. The Morgan fingerprint density at radius 2 is 1.32 bits per heavy atom. The molecular formula is C17H32O5. The van der Waals surface area contributed by atoms with Crippen LogP contribution in [0.15, 0.2) is 11.6 Å². The summed E-state index contributed by atoms with van der Waals surface area (Å²) in [5.74, 6) is -1.95. The molecule has 0 aliphatic carbocycles. The summed E-state index contributed by atoms with van der Waals surface area (Å²) in [4.78, 5) is 21.4. The van der Waals surface area contributed by atoms with Crippen LogP contribution in [0.4, 0.5) is 0 Å². The normalized spacial score (nSPS) is 11.0. The molecule has 5 nitrogen and oxygen atoms in total. The van der Waals surface area contributed by atoms with Crippen molar-refractivity contribution in [3.8, 4) is 0 Å². The molecule has 130 valence electrons. The van der Waals surface area contributed by atoms with E-state index in [-0.39, 0.29) is 23.9 Å². The predicted molar refractivity (Wildman–Crippen MR) is 88.0 cm³/mol. The summed E-state index contributed by atoms with van der Waals surface area (Å²) in [5, 5.41) is 17.5. The Morgan fingerprint density at radius 3 is 1.77 bits per heavy atom. The van der Waals surface area contributed by atoms with E-state index in [2.05, 4.69) is 6.92 Å². The summed E-state index contributed by atoms with van der Waals surface area (Å²) >= 11 is 0. The van der Waals surface area contributed by atoms with Gasteiger partial charge in [-0.25, -0.2) is 4.79 Å². The van der Waals surface area contributed by atoms with Crippen molar-refractivity contribution in [3.05, 3.63) is 11.6 Å². The van der Waals surface area contributed by atoms with E-state index >= 15 is 0 Å². The molecule has 0 aromatic carbocycles. The molecule has 0 heterocycles. The van der Waals surface area contributed by atoms with Gasteiger partial charge < -0.3 is 15.7 Å². The second kappa shape index (κ2) is 16.0. The fraction of sp³-hybridized carbons (Fsp3) is 0.765. The summed E-state index contributed by atoms with van der Waals surface area (Å²) in [6.07, 6.45) is 13.6. The highest BCUT2D eigenvalue weighted by atomic mass is 16.4. The van der Waals surface area contributed by atoms with Crippen molar-refractivity contribution in [2.45, 2.75) is 84.0 Å². The van der Waals surface area contributed by atoms with Gasteiger partial charge in [0.15, 0.2) is 0 Å². The molecule has 0 amide bonds. The van der Waals surface area contributed by atoms with Crippen LogP contribution in [-0.4, -0.2) is 27.6 Å². The van der Waals surface area contributed by atoms with Crippen LogP contribution in [0.2, 0.25) is 0 Å². The van der Waals surface area contributed by atoms with Gasteiger partial charge in [0.25, 0.3) is 0 Å². The number of carboxylic acid groups (broad SMARTS) is 2. The molecular weight excluding hydrogens is 284 g/mol. The number of allylic oxidation sites excluding steroid dienone is 1. The zero-order valence-corrected chi connectivity index (χ0v) is 13.8. The Morgan fingerprint density at radius 1 is 0.818 bits per heavy atom. The van der Waals surface area contributed by atoms with Crippen LogP contribution in [0, 0.1) is 0 Å². The molecule has 0 radical (unpaired) electrons. The average Bonchev–Trinajstić information content (AvgIpc) is 2.43. The van der Waals surface area contributed by atoms with Crippen LogP contribution >= 0.6 is 0 Å². The standard InChI is InChI=1S/C17H30O4.H2O/c1-2-3-4-5-6-7-8-9-10-11-12-15(17(20)21)13-14-16(18)19;/h12H,2-11,13-14H2,1H3,(H,18,19)(H,20,21);1H2/b15-12+;. The molecule has 0 spiro atoms. The maximum Gasteiger partial charge on any atom is 0.331 e. The number of carbonyl (C=O) groups is 2. The molecule has 0 bridgehead atoms. The van der Waals surface area contributed by atoms with Crippen LogP contribution in [0.5, 0.6) is 0 Å². The lowest BCUT2D eigenvalue weighted by molar-refractivity contribution is -0.137. The first-order valence-corrected chi connectivity index (χ1v) is 8.22. The molecule has 0 fully saturated rings. The molecule has 22 heavy (non-hydrogen) atoms. The minimum atomic E-state index is -0.993. The van der Waals surface area contributed by atoms with E-state index < -0.39 is 11.9 Å².